The molecule has 0 saturated heterocycles. The van der Waals surface area contributed by atoms with Gasteiger partial charge in [-0.3, -0.25) is 0 Å². The highest BCUT2D eigenvalue weighted by Crippen LogP contribution is 2.27. The first-order chi connectivity index (χ1) is 9.63. The molecule has 0 aliphatic rings. The minimum absolute atomic E-state index is 0.223. The van der Waals surface area contributed by atoms with Gasteiger partial charge in [0.1, 0.15) is 0 Å². The molecule has 3 rings (SSSR count). The van der Waals surface area contributed by atoms with Gasteiger partial charge in [-0.15, -0.1) is 0 Å². The molecule has 5 heteroatoms. The molecular formula is C15H14N2O3. The summed E-state index contributed by atoms with van der Waals surface area (Å²) in [5, 5.41) is 2.02. The minimum atomic E-state index is -0.744. The maximum Gasteiger partial charge on any atom is 0.515 e. The predicted molar refractivity (Wildman–Crippen MR) is 75.8 cm³/mol. The normalized spacial score (nSPS) is 11.2. The summed E-state index contributed by atoms with van der Waals surface area (Å²) < 4.78 is 9.99. The molecule has 0 radical (unpaired) electrons. The van der Waals surface area contributed by atoms with Crippen LogP contribution < -0.4 is 4.74 Å². The first kappa shape index (κ1) is 12.5. The van der Waals surface area contributed by atoms with Gasteiger partial charge in [-0.25, -0.2) is 9.78 Å². The van der Waals surface area contributed by atoms with Gasteiger partial charge >= 0.3 is 6.16 Å². The van der Waals surface area contributed by atoms with Crippen LogP contribution in [0.4, 0.5) is 4.79 Å². The lowest BCUT2D eigenvalue weighted by Crippen LogP contribution is -2.16. The molecule has 0 spiro atoms. The van der Waals surface area contributed by atoms with Crippen molar-refractivity contribution in [2.45, 2.75) is 20.0 Å². The van der Waals surface area contributed by atoms with Crippen molar-refractivity contribution in [1.29, 1.82) is 0 Å². The molecule has 2 aromatic heterocycles. The van der Waals surface area contributed by atoms with Crippen LogP contribution in [-0.4, -0.2) is 22.2 Å². The third-order valence-corrected chi connectivity index (χ3v) is 2.89. The molecule has 0 atom stereocenters. The van der Waals surface area contributed by atoms with Gasteiger partial charge in [0.25, 0.3) is 0 Å². The Kier molecular flexibility index (Phi) is 3.02. The Balaban J connectivity index is 1.97. The fourth-order valence-corrected chi connectivity index (χ4v) is 2.09. The van der Waals surface area contributed by atoms with Crippen molar-refractivity contribution in [2.75, 3.05) is 0 Å². The first-order valence-electron chi connectivity index (χ1n) is 6.38. The molecule has 1 aromatic carbocycles. The van der Waals surface area contributed by atoms with E-state index in [1.165, 1.54) is 0 Å². The van der Waals surface area contributed by atoms with E-state index in [1.54, 1.807) is 26.1 Å². The molecule has 0 unspecified atom stereocenters. The van der Waals surface area contributed by atoms with E-state index in [0.29, 0.717) is 0 Å². The largest absolute Gasteiger partial charge is 0.515 e. The smallest absolute Gasteiger partial charge is 0.431 e. The lowest BCUT2D eigenvalue weighted by Gasteiger charge is -2.07. The van der Waals surface area contributed by atoms with E-state index < -0.39 is 6.16 Å². The van der Waals surface area contributed by atoms with Gasteiger partial charge < -0.3 is 14.5 Å². The van der Waals surface area contributed by atoms with Crippen LogP contribution in [0.3, 0.4) is 0 Å². The van der Waals surface area contributed by atoms with Crippen molar-refractivity contribution in [3.63, 3.8) is 0 Å². The van der Waals surface area contributed by atoms with E-state index in [9.17, 15) is 4.79 Å². The third-order valence-electron chi connectivity index (χ3n) is 2.89. The number of H-pyrrole nitrogens is 1. The molecule has 2 heterocycles. The number of pyridine rings is 1. The molecular weight excluding hydrogens is 256 g/mol. The van der Waals surface area contributed by atoms with Crippen molar-refractivity contribution >= 4 is 28.0 Å². The zero-order valence-corrected chi connectivity index (χ0v) is 11.2. The molecule has 0 saturated carbocycles. The van der Waals surface area contributed by atoms with Crippen LogP contribution in [0.25, 0.3) is 21.8 Å². The second-order valence-corrected chi connectivity index (χ2v) is 4.76. The molecule has 0 aliphatic carbocycles. The quantitative estimate of drug-likeness (QED) is 0.722. The van der Waals surface area contributed by atoms with Crippen molar-refractivity contribution < 1.29 is 14.3 Å². The molecule has 0 aliphatic heterocycles. The number of hydrogen-bond donors (Lipinski definition) is 1. The van der Waals surface area contributed by atoms with E-state index in [0.717, 1.165) is 21.8 Å². The molecule has 0 bridgehead atoms. The number of carbonyl (C=O) groups excluding carboxylic acids is 1. The topological polar surface area (TPSA) is 64.2 Å². The summed E-state index contributed by atoms with van der Waals surface area (Å²) in [6.45, 7) is 3.52. The standard InChI is InChI=1S/C15H14N2O3/c1-9(2)19-15(18)20-14-7-11-10-5-3-4-6-12(10)17-13(11)8-16-14/h3-9,17H,1-2H3. The number of benzene rings is 1. The maximum absolute atomic E-state index is 11.5. The summed E-state index contributed by atoms with van der Waals surface area (Å²) in [4.78, 5) is 18.8. The van der Waals surface area contributed by atoms with E-state index in [-0.39, 0.29) is 12.0 Å². The number of para-hydroxylation sites is 1. The number of aromatic amines is 1. The Morgan fingerprint density at radius 3 is 2.80 bits per heavy atom. The number of carbonyl (C=O) groups is 1. The lowest BCUT2D eigenvalue weighted by atomic mass is 10.2. The highest BCUT2D eigenvalue weighted by atomic mass is 16.7. The lowest BCUT2D eigenvalue weighted by molar-refractivity contribution is 0.0716. The average Bonchev–Trinajstić information content (AvgIpc) is 2.76. The molecule has 20 heavy (non-hydrogen) atoms. The Morgan fingerprint density at radius 2 is 2.00 bits per heavy atom. The highest BCUT2D eigenvalue weighted by Gasteiger charge is 2.11. The molecule has 3 aromatic rings. The summed E-state index contributed by atoms with van der Waals surface area (Å²) in [5.74, 6) is 0.230. The number of nitrogens with one attached hydrogen (secondary N) is 1. The monoisotopic (exact) mass is 270 g/mol. The van der Waals surface area contributed by atoms with Crippen LogP contribution in [0.15, 0.2) is 36.5 Å². The van der Waals surface area contributed by atoms with Gasteiger partial charge in [0, 0.05) is 22.4 Å². The minimum Gasteiger partial charge on any atom is -0.431 e. The molecule has 102 valence electrons. The van der Waals surface area contributed by atoms with Gasteiger partial charge in [0.15, 0.2) is 0 Å². The van der Waals surface area contributed by atoms with Gasteiger partial charge in [-0.2, -0.15) is 0 Å². The SMILES string of the molecule is CC(C)OC(=O)Oc1cc2c(cn1)[nH]c1ccccc12. The summed E-state index contributed by atoms with van der Waals surface area (Å²) in [5.41, 5.74) is 1.92. The Bertz CT molecular complexity index is 777. The van der Waals surface area contributed by atoms with E-state index in [4.69, 9.17) is 9.47 Å². The van der Waals surface area contributed by atoms with Gasteiger partial charge in [0.05, 0.1) is 17.8 Å². The number of rotatable bonds is 2. The van der Waals surface area contributed by atoms with E-state index >= 15 is 0 Å². The summed E-state index contributed by atoms with van der Waals surface area (Å²) in [7, 11) is 0. The number of nitrogens with zero attached hydrogens (tertiary/aromatic N) is 1. The van der Waals surface area contributed by atoms with Crippen LogP contribution in [0.1, 0.15) is 13.8 Å². The van der Waals surface area contributed by atoms with Crippen molar-refractivity contribution in [3.8, 4) is 5.88 Å². The van der Waals surface area contributed by atoms with Crippen molar-refractivity contribution in [2.24, 2.45) is 0 Å². The van der Waals surface area contributed by atoms with Crippen LogP contribution in [0, 0.1) is 0 Å². The first-order valence-corrected chi connectivity index (χ1v) is 6.38. The molecule has 5 nitrogen and oxygen atoms in total. The van der Waals surface area contributed by atoms with Gasteiger partial charge in [0.2, 0.25) is 5.88 Å². The van der Waals surface area contributed by atoms with Crippen LogP contribution in [0.5, 0.6) is 5.88 Å². The van der Waals surface area contributed by atoms with E-state index in [1.807, 2.05) is 24.3 Å². The molecule has 0 amide bonds. The summed E-state index contributed by atoms with van der Waals surface area (Å²) >= 11 is 0. The number of ether oxygens (including phenoxy) is 2. The second kappa shape index (κ2) is 4.85. The van der Waals surface area contributed by atoms with Gasteiger partial charge in [-0.05, 0) is 19.9 Å². The van der Waals surface area contributed by atoms with Gasteiger partial charge in [-0.1, -0.05) is 18.2 Å². The summed E-state index contributed by atoms with van der Waals surface area (Å²) in [6.07, 6.45) is 0.679. The second-order valence-electron chi connectivity index (χ2n) is 4.76. The van der Waals surface area contributed by atoms with Crippen LogP contribution >= 0.6 is 0 Å². The van der Waals surface area contributed by atoms with Crippen LogP contribution in [-0.2, 0) is 4.74 Å². The Morgan fingerprint density at radius 1 is 1.20 bits per heavy atom. The fourth-order valence-electron chi connectivity index (χ4n) is 2.09. The molecule has 1 N–H and O–H groups in total. The average molecular weight is 270 g/mol. The highest BCUT2D eigenvalue weighted by molar-refractivity contribution is 6.07. The zero-order chi connectivity index (χ0) is 14.1. The number of hydrogen-bond acceptors (Lipinski definition) is 4. The van der Waals surface area contributed by atoms with Crippen LogP contribution in [0.2, 0.25) is 0 Å². The van der Waals surface area contributed by atoms with E-state index in [2.05, 4.69) is 9.97 Å². The number of fused-ring (bicyclic) bond motifs is 3. The summed E-state index contributed by atoms with van der Waals surface area (Å²) in [6, 6.07) is 9.65. The zero-order valence-electron chi connectivity index (χ0n) is 11.2. The van der Waals surface area contributed by atoms with Crippen molar-refractivity contribution in [3.05, 3.63) is 36.5 Å². The fraction of sp³-hybridized carbons (Fsp3) is 0.200. The number of aromatic nitrogens is 2. The Labute approximate surface area is 115 Å². The molecule has 0 fully saturated rings. The third kappa shape index (κ3) is 2.30. The predicted octanol–water partition coefficient (Wildman–Crippen LogP) is 3.64. The van der Waals surface area contributed by atoms with Crippen molar-refractivity contribution in [1.82, 2.24) is 9.97 Å². The maximum atomic E-state index is 11.5. The Hall–Kier alpha value is -2.56.